The second-order valence-corrected chi connectivity index (χ2v) is 5.75. The molecule has 0 aliphatic heterocycles. The molecule has 2 aromatic carbocycles. The lowest BCUT2D eigenvalue weighted by atomic mass is 10.2. The summed E-state index contributed by atoms with van der Waals surface area (Å²) in [6, 6.07) is 15.7. The summed E-state index contributed by atoms with van der Waals surface area (Å²) >= 11 is 3.42. The van der Waals surface area contributed by atoms with Gasteiger partial charge < -0.3 is 15.0 Å². The Balaban J connectivity index is 1.86. The fourth-order valence-corrected chi connectivity index (χ4v) is 2.49. The highest BCUT2D eigenvalue weighted by Gasteiger charge is 2.10. The van der Waals surface area contributed by atoms with Crippen molar-refractivity contribution in [3.05, 3.63) is 58.7 Å². The number of rotatable bonds is 4. The number of H-pyrrole nitrogens is 1. The average Bonchev–Trinajstić information content (AvgIpc) is 2.93. The molecule has 0 bridgehead atoms. The van der Waals surface area contributed by atoms with Crippen molar-refractivity contribution in [3.63, 3.8) is 0 Å². The van der Waals surface area contributed by atoms with Crippen molar-refractivity contribution < 1.29 is 9.53 Å². The van der Waals surface area contributed by atoms with Gasteiger partial charge in [-0.25, -0.2) is 4.79 Å². The van der Waals surface area contributed by atoms with Gasteiger partial charge in [-0.1, -0.05) is 22.0 Å². The molecule has 5 heteroatoms. The summed E-state index contributed by atoms with van der Waals surface area (Å²) in [6.45, 7) is 2.16. The van der Waals surface area contributed by atoms with E-state index in [1.54, 1.807) is 13.0 Å². The first-order chi connectivity index (χ1) is 10.7. The number of aromatic nitrogens is 1. The molecule has 1 heterocycles. The molecule has 2 N–H and O–H groups in total. The van der Waals surface area contributed by atoms with E-state index >= 15 is 0 Å². The van der Waals surface area contributed by atoms with Gasteiger partial charge in [-0.3, -0.25) is 0 Å². The molecule has 4 nitrogen and oxygen atoms in total. The molecule has 0 spiro atoms. The van der Waals surface area contributed by atoms with E-state index in [4.69, 9.17) is 4.74 Å². The van der Waals surface area contributed by atoms with Crippen LogP contribution in [0.4, 0.5) is 11.4 Å². The molecule has 0 radical (unpaired) electrons. The number of benzene rings is 2. The summed E-state index contributed by atoms with van der Waals surface area (Å²) in [7, 11) is 0. The van der Waals surface area contributed by atoms with Crippen molar-refractivity contribution >= 4 is 44.2 Å². The minimum Gasteiger partial charge on any atom is -0.461 e. The Bertz CT molecular complexity index is 809. The first-order valence-corrected chi connectivity index (χ1v) is 7.77. The Morgan fingerprint density at radius 1 is 1.14 bits per heavy atom. The van der Waals surface area contributed by atoms with E-state index in [9.17, 15) is 4.79 Å². The number of hydrogen-bond acceptors (Lipinski definition) is 3. The van der Waals surface area contributed by atoms with Crippen molar-refractivity contribution in [2.45, 2.75) is 6.92 Å². The zero-order valence-corrected chi connectivity index (χ0v) is 13.6. The maximum Gasteiger partial charge on any atom is 0.354 e. The maximum absolute atomic E-state index is 11.7. The van der Waals surface area contributed by atoms with Crippen molar-refractivity contribution in [2.24, 2.45) is 0 Å². The second kappa shape index (κ2) is 6.23. The van der Waals surface area contributed by atoms with E-state index in [-0.39, 0.29) is 5.97 Å². The number of esters is 1. The third-order valence-corrected chi connectivity index (χ3v) is 3.78. The summed E-state index contributed by atoms with van der Waals surface area (Å²) in [5.74, 6) is -0.332. The fraction of sp³-hybridized carbons (Fsp3) is 0.118. The molecule has 0 aliphatic rings. The lowest BCUT2D eigenvalue weighted by Gasteiger charge is -2.06. The number of anilines is 2. The SMILES string of the molecule is CCOC(=O)c1cc2ccc(Nc3ccc(Br)cc3)cc2[nH]1. The average molecular weight is 359 g/mol. The second-order valence-electron chi connectivity index (χ2n) is 4.84. The first kappa shape index (κ1) is 14.7. The van der Waals surface area contributed by atoms with Gasteiger partial charge in [0.1, 0.15) is 5.69 Å². The van der Waals surface area contributed by atoms with Crippen LogP contribution in [0.15, 0.2) is 53.0 Å². The van der Waals surface area contributed by atoms with Gasteiger partial charge in [0.15, 0.2) is 0 Å². The lowest BCUT2D eigenvalue weighted by molar-refractivity contribution is 0.0520. The molecular weight excluding hydrogens is 344 g/mol. The van der Waals surface area contributed by atoms with Gasteiger partial charge in [0.05, 0.1) is 6.61 Å². The molecule has 0 saturated heterocycles. The number of hydrogen-bond donors (Lipinski definition) is 2. The first-order valence-electron chi connectivity index (χ1n) is 6.98. The molecule has 0 aliphatic carbocycles. The number of aromatic amines is 1. The Morgan fingerprint density at radius 3 is 2.59 bits per heavy atom. The predicted molar refractivity (Wildman–Crippen MR) is 91.7 cm³/mol. The highest BCUT2D eigenvalue weighted by Crippen LogP contribution is 2.24. The van der Waals surface area contributed by atoms with E-state index in [0.29, 0.717) is 12.3 Å². The molecule has 112 valence electrons. The number of halogens is 1. The van der Waals surface area contributed by atoms with Crippen molar-refractivity contribution in [3.8, 4) is 0 Å². The summed E-state index contributed by atoms with van der Waals surface area (Å²) < 4.78 is 6.04. The monoisotopic (exact) mass is 358 g/mol. The highest BCUT2D eigenvalue weighted by atomic mass is 79.9. The van der Waals surface area contributed by atoms with Crippen molar-refractivity contribution in [2.75, 3.05) is 11.9 Å². The number of ether oxygens (including phenoxy) is 1. The van der Waals surface area contributed by atoms with E-state index in [2.05, 4.69) is 26.2 Å². The third kappa shape index (κ3) is 3.14. The summed E-state index contributed by atoms with van der Waals surface area (Å²) in [4.78, 5) is 14.8. The van der Waals surface area contributed by atoms with Gasteiger partial charge in [-0.15, -0.1) is 0 Å². The molecule has 0 saturated carbocycles. The molecule has 0 amide bonds. The summed E-state index contributed by atoms with van der Waals surface area (Å²) in [5, 5.41) is 4.31. The smallest absolute Gasteiger partial charge is 0.354 e. The number of carbonyl (C=O) groups is 1. The van der Waals surface area contributed by atoms with Crippen LogP contribution in [-0.4, -0.2) is 17.6 Å². The predicted octanol–water partition coefficient (Wildman–Crippen LogP) is 4.85. The van der Waals surface area contributed by atoms with Gasteiger partial charge in [-0.2, -0.15) is 0 Å². The molecule has 0 unspecified atom stereocenters. The topological polar surface area (TPSA) is 54.1 Å². The molecule has 3 rings (SSSR count). The van der Waals surface area contributed by atoms with Crippen LogP contribution in [-0.2, 0) is 4.74 Å². The minimum atomic E-state index is -0.332. The van der Waals surface area contributed by atoms with Gasteiger partial charge >= 0.3 is 5.97 Å². The molecule has 0 fully saturated rings. The Kier molecular flexibility index (Phi) is 4.15. The minimum absolute atomic E-state index is 0.332. The van der Waals surface area contributed by atoms with Crippen LogP contribution in [0.2, 0.25) is 0 Å². The largest absolute Gasteiger partial charge is 0.461 e. The van der Waals surface area contributed by atoms with Crippen LogP contribution in [0.5, 0.6) is 0 Å². The van der Waals surface area contributed by atoms with Crippen molar-refractivity contribution in [1.29, 1.82) is 0 Å². The van der Waals surface area contributed by atoms with Gasteiger partial charge in [-0.05, 0) is 49.4 Å². The standard InChI is InChI=1S/C17H15BrN2O2/c1-2-22-17(21)16-9-11-3-6-14(10-15(11)20-16)19-13-7-4-12(18)5-8-13/h3-10,19-20H,2H2,1H3. The highest BCUT2D eigenvalue weighted by molar-refractivity contribution is 9.10. The third-order valence-electron chi connectivity index (χ3n) is 3.25. The molecule has 22 heavy (non-hydrogen) atoms. The van der Waals surface area contributed by atoms with Gasteiger partial charge in [0.2, 0.25) is 0 Å². The normalized spacial score (nSPS) is 10.6. The van der Waals surface area contributed by atoms with E-state index in [0.717, 1.165) is 26.8 Å². The summed E-state index contributed by atoms with van der Waals surface area (Å²) in [6.07, 6.45) is 0. The van der Waals surface area contributed by atoms with Crippen molar-refractivity contribution in [1.82, 2.24) is 4.98 Å². The number of nitrogens with one attached hydrogen (secondary N) is 2. The van der Waals surface area contributed by atoms with Crippen LogP contribution in [0.1, 0.15) is 17.4 Å². The quantitative estimate of drug-likeness (QED) is 0.655. The molecule has 1 aromatic heterocycles. The molecule has 0 atom stereocenters. The number of carbonyl (C=O) groups excluding carboxylic acids is 1. The van der Waals surface area contributed by atoms with Crippen LogP contribution < -0.4 is 5.32 Å². The number of fused-ring (bicyclic) bond motifs is 1. The molecular formula is C17H15BrN2O2. The summed E-state index contributed by atoms with van der Waals surface area (Å²) in [5.41, 5.74) is 3.31. The Hall–Kier alpha value is -2.27. The van der Waals surface area contributed by atoms with Crippen LogP contribution in [0.3, 0.4) is 0 Å². The fourth-order valence-electron chi connectivity index (χ4n) is 2.22. The van der Waals surface area contributed by atoms with E-state index < -0.39 is 0 Å². The Morgan fingerprint density at radius 2 is 1.86 bits per heavy atom. The lowest BCUT2D eigenvalue weighted by Crippen LogP contribution is -2.04. The zero-order valence-electron chi connectivity index (χ0n) is 12.0. The molecule has 3 aromatic rings. The maximum atomic E-state index is 11.7. The van der Waals surface area contributed by atoms with Crippen LogP contribution in [0, 0.1) is 0 Å². The van der Waals surface area contributed by atoms with E-state index in [1.165, 1.54) is 0 Å². The zero-order chi connectivity index (χ0) is 15.5. The Labute approximate surface area is 136 Å². The van der Waals surface area contributed by atoms with Gasteiger partial charge in [0.25, 0.3) is 0 Å². The van der Waals surface area contributed by atoms with Crippen LogP contribution in [0.25, 0.3) is 10.9 Å². The van der Waals surface area contributed by atoms with Crippen LogP contribution >= 0.6 is 15.9 Å². The van der Waals surface area contributed by atoms with Gasteiger partial charge in [0, 0.05) is 26.8 Å². The van der Waals surface area contributed by atoms with E-state index in [1.807, 2.05) is 42.5 Å².